The summed E-state index contributed by atoms with van der Waals surface area (Å²) in [6.07, 6.45) is 0.701. The molecule has 2 heterocycles. The molecule has 0 saturated carbocycles. The van der Waals surface area contributed by atoms with Crippen molar-refractivity contribution in [3.05, 3.63) is 59.7 Å². The van der Waals surface area contributed by atoms with Crippen molar-refractivity contribution in [2.45, 2.75) is 56.8 Å². The largest absolute Gasteiger partial charge is 0.399 e. The van der Waals surface area contributed by atoms with Crippen LogP contribution in [-0.4, -0.2) is 36.1 Å². The summed E-state index contributed by atoms with van der Waals surface area (Å²) in [6, 6.07) is 14.7. The van der Waals surface area contributed by atoms with Crippen molar-refractivity contribution in [2.24, 2.45) is 0 Å². The molecule has 2 fully saturated rings. The third-order valence-corrected chi connectivity index (χ3v) is 5.46. The fourth-order valence-electron chi connectivity index (χ4n) is 4.13. The van der Waals surface area contributed by atoms with Crippen molar-refractivity contribution >= 4 is 17.4 Å². The molecule has 2 aliphatic heterocycles. The number of benzene rings is 2. The molecule has 6 N–H and O–H groups in total. The van der Waals surface area contributed by atoms with Gasteiger partial charge in [0.15, 0.2) is 5.79 Å². The Kier molecular flexibility index (Phi) is 5.10. The molecule has 0 unspecified atom stereocenters. The Bertz CT molecular complexity index is 797. The van der Waals surface area contributed by atoms with Crippen molar-refractivity contribution in [3.8, 4) is 0 Å². The van der Waals surface area contributed by atoms with E-state index in [1.807, 2.05) is 62.4 Å². The Morgan fingerprint density at radius 1 is 0.793 bits per heavy atom. The number of nitrogen functional groups attached to an aromatic ring is 2. The average molecular weight is 396 g/mol. The zero-order valence-corrected chi connectivity index (χ0v) is 16.7. The van der Waals surface area contributed by atoms with E-state index in [1.54, 1.807) is 0 Å². The number of carbonyl (C=O) groups is 1. The minimum Gasteiger partial charge on any atom is -0.399 e. The number of carbonyl (C=O) groups excluding carboxylic acids is 1. The van der Waals surface area contributed by atoms with Gasteiger partial charge in [-0.15, -0.1) is 0 Å². The molecule has 0 bridgehead atoms. The molecular formula is C22H28N4O3. The number of hydrogen-bond acceptors (Lipinski definition) is 5. The van der Waals surface area contributed by atoms with E-state index in [2.05, 4.69) is 10.6 Å². The van der Waals surface area contributed by atoms with E-state index in [-0.39, 0.29) is 30.3 Å². The number of amides is 2. The lowest BCUT2D eigenvalue weighted by atomic mass is 9.92. The highest BCUT2D eigenvalue weighted by Crippen LogP contribution is 2.34. The quantitative estimate of drug-likeness (QED) is 0.592. The van der Waals surface area contributed by atoms with Gasteiger partial charge in [-0.1, -0.05) is 24.3 Å². The predicted molar refractivity (Wildman–Crippen MR) is 112 cm³/mol. The van der Waals surface area contributed by atoms with Gasteiger partial charge in [-0.3, -0.25) is 0 Å². The van der Waals surface area contributed by atoms with Crippen LogP contribution in [0.5, 0.6) is 0 Å². The minimum absolute atomic E-state index is 0.217. The molecule has 4 atom stereocenters. The zero-order valence-electron chi connectivity index (χ0n) is 16.7. The van der Waals surface area contributed by atoms with Crippen LogP contribution in [0.25, 0.3) is 0 Å². The molecule has 0 radical (unpaired) electrons. The Balaban J connectivity index is 1.59. The summed E-state index contributed by atoms with van der Waals surface area (Å²) in [5.74, 6) is -0.724. The topological polar surface area (TPSA) is 112 Å². The van der Waals surface area contributed by atoms with Crippen LogP contribution in [-0.2, 0) is 22.3 Å². The standard InChI is InChI=1S/C22H28N4O3/c1-22(2)28-19-17(11-13-3-7-15(23)8-4-13)25-21(27)26-18(20(19)29-22)12-14-5-9-16(24)10-6-14/h3-10,17-20H,11-12,23-24H2,1-2H3,(H2,25,26,27)/t17-,18-,19+,20+/m1/s1. The lowest BCUT2D eigenvalue weighted by molar-refractivity contribution is -0.150. The third kappa shape index (κ3) is 4.46. The second kappa shape index (κ2) is 7.57. The first kappa shape index (κ1) is 19.5. The smallest absolute Gasteiger partial charge is 0.315 e. The van der Waals surface area contributed by atoms with Gasteiger partial charge in [0, 0.05) is 11.4 Å². The molecule has 2 amide bonds. The number of nitrogens with two attached hydrogens (primary N) is 2. The van der Waals surface area contributed by atoms with E-state index in [4.69, 9.17) is 20.9 Å². The summed E-state index contributed by atoms with van der Waals surface area (Å²) in [5.41, 5.74) is 15.2. The summed E-state index contributed by atoms with van der Waals surface area (Å²) >= 11 is 0. The first-order chi connectivity index (χ1) is 13.8. The number of rotatable bonds is 4. The molecular weight excluding hydrogens is 368 g/mol. The van der Waals surface area contributed by atoms with Crippen LogP contribution >= 0.6 is 0 Å². The second-order valence-electron chi connectivity index (χ2n) is 8.29. The Hall–Kier alpha value is -2.77. The van der Waals surface area contributed by atoms with Crippen molar-refractivity contribution in [3.63, 3.8) is 0 Å². The summed E-state index contributed by atoms with van der Waals surface area (Å²) in [4.78, 5) is 12.6. The SMILES string of the molecule is CC1(C)O[C@@H]2[C@@H](O1)[C@@H](Cc1ccc(N)cc1)NC(=O)N[C@@H]2Cc1ccc(N)cc1. The third-order valence-electron chi connectivity index (χ3n) is 5.46. The Morgan fingerprint density at radius 2 is 1.17 bits per heavy atom. The van der Waals surface area contributed by atoms with Gasteiger partial charge in [-0.25, -0.2) is 4.79 Å². The van der Waals surface area contributed by atoms with Gasteiger partial charge in [0.05, 0.1) is 12.1 Å². The molecule has 0 aliphatic carbocycles. The van der Waals surface area contributed by atoms with Crippen molar-refractivity contribution in [1.29, 1.82) is 0 Å². The van der Waals surface area contributed by atoms with E-state index in [1.165, 1.54) is 0 Å². The van der Waals surface area contributed by atoms with E-state index in [0.717, 1.165) is 11.1 Å². The predicted octanol–water partition coefficient (Wildman–Crippen LogP) is 2.21. The molecule has 2 aromatic carbocycles. The fraction of sp³-hybridized carbons (Fsp3) is 0.409. The number of urea groups is 1. The average Bonchev–Trinajstić information content (AvgIpc) is 2.94. The summed E-state index contributed by atoms with van der Waals surface area (Å²) in [5, 5.41) is 6.14. The number of fused-ring (bicyclic) bond motifs is 1. The maximum absolute atomic E-state index is 12.6. The van der Waals surface area contributed by atoms with E-state index in [0.29, 0.717) is 24.2 Å². The highest BCUT2D eigenvalue weighted by atomic mass is 16.8. The van der Waals surface area contributed by atoms with Crippen molar-refractivity contribution < 1.29 is 14.3 Å². The van der Waals surface area contributed by atoms with E-state index < -0.39 is 5.79 Å². The first-order valence-corrected chi connectivity index (χ1v) is 9.90. The van der Waals surface area contributed by atoms with Crippen LogP contribution in [0.4, 0.5) is 16.2 Å². The highest BCUT2D eigenvalue weighted by molar-refractivity contribution is 5.75. The van der Waals surface area contributed by atoms with Gasteiger partial charge in [-0.05, 0) is 62.1 Å². The zero-order chi connectivity index (χ0) is 20.6. The molecule has 7 nitrogen and oxygen atoms in total. The fourth-order valence-corrected chi connectivity index (χ4v) is 4.13. The van der Waals surface area contributed by atoms with Crippen LogP contribution in [0.1, 0.15) is 25.0 Å². The van der Waals surface area contributed by atoms with Crippen LogP contribution < -0.4 is 22.1 Å². The lowest BCUT2D eigenvalue weighted by Crippen LogP contribution is -2.47. The molecule has 29 heavy (non-hydrogen) atoms. The van der Waals surface area contributed by atoms with Crippen molar-refractivity contribution in [2.75, 3.05) is 11.5 Å². The number of hydrogen-bond donors (Lipinski definition) is 4. The molecule has 154 valence electrons. The summed E-state index contributed by atoms with van der Waals surface area (Å²) in [7, 11) is 0. The van der Waals surface area contributed by atoms with E-state index >= 15 is 0 Å². The maximum atomic E-state index is 12.6. The highest BCUT2D eigenvalue weighted by Gasteiger charge is 2.50. The van der Waals surface area contributed by atoms with Crippen LogP contribution in [0.3, 0.4) is 0 Å². The normalized spacial score (nSPS) is 28.1. The van der Waals surface area contributed by atoms with Crippen molar-refractivity contribution in [1.82, 2.24) is 10.6 Å². The molecule has 2 aromatic rings. The molecule has 2 saturated heterocycles. The monoisotopic (exact) mass is 396 g/mol. The first-order valence-electron chi connectivity index (χ1n) is 9.90. The van der Waals surface area contributed by atoms with Crippen LogP contribution in [0, 0.1) is 0 Å². The van der Waals surface area contributed by atoms with Crippen LogP contribution in [0.2, 0.25) is 0 Å². The summed E-state index contributed by atoms with van der Waals surface area (Å²) in [6.45, 7) is 3.81. The lowest BCUT2D eigenvalue weighted by Gasteiger charge is -2.26. The molecule has 0 aromatic heterocycles. The van der Waals surface area contributed by atoms with Gasteiger partial charge in [0.2, 0.25) is 0 Å². The molecule has 4 rings (SSSR count). The molecule has 0 spiro atoms. The Labute approximate surface area is 170 Å². The summed E-state index contributed by atoms with van der Waals surface area (Å²) < 4.78 is 12.5. The second-order valence-corrected chi connectivity index (χ2v) is 8.29. The Morgan fingerprint density at radius 3 is 1.55 bits per heavy atom. The molecule has 2 aliphatic rings. The maximum Gasteiger partial charge on any atom is 0.315 e. The van der Waals surface area contributed by atoms with Gasteiger partial charge in [0.1, 0.15) is 12.2 Å². The minimum atomic E-state index is -0.724. The molecule has 7 heteroatoms. The van der Waals surface area contributed by atoms with Gasteiger partial charge < -0.3 is 31.6 Å². The van der Waals surface area contributed by atoms with Crippen LogP contribution in [0.15, 0.2) is 48.5 Å². The number of ether oxygens (including phenoxy) is 2. The van der Waals surface area contributed by atoms with Gasteiger partial charge in [0.25, 0.3) is 0 Å². The van der Waals surface area contributed by atoms with Gasteiger partial charge >= 0.3 is 6.03 Å². The number of anilines is 2. The van der Waals surface area contributed by atoms with E-state index in [9.17, 15) is 4.79 Å². The van der Waals surface area contributed by atoms with Gasteiger partial charge in [-0.2, -0.15) is 0 Å². The number of nitrogens with one attached hydrogen (secondary N) is 2.